The van der Waals surface area contributed by atoms with E-state index in [0.717, 1.165) is 26.1 Å². The highest BCUT2D eigenvalue weighted by Gasteiger charge is 2.64. The lowest BCUT2D eigenvalue weighted by Gasteiger charge is -2.22. The Balaban J connectivity index is 2.01. The van der Waals surface area contributed by atoms with Crippen molar-refractivity contribution in [2.24, 2.45) is 11.3 Å². The lowest BCUT2D eigenvalue weighted by molar-refractivity contribution is 0.0282. The summed E-state index contributed by atoms with van der Waals surface area (Å²) in [6.45, 7) is 1.92. The molecule has 12 heavy (non-hydrogen) atoms. The van der Waals surface area contributed by atoms with Crippen molar-refractivity contribution in [1.82, 2.24) is 0 Å². The third-order valence-electron chi connectivity index (χ3n) is 3.44. The maximum absolute atomic E-state index is 9.10. The largest absolute Gasteiger partial charge is 0.396 e. The lowest BCUT2D eigenvalue weighted by Crippen LogP contribution is -2.21. The second-order valence-electron chi connectivity index (χ2n) is 3.79. The summed E-state index contributed by atoms with van der Waals surface area (Å²) in [6.07, 6.45) is 2.39. The lowest BCUT2D eigenvalue weighted by atomic mass is 9.94. The predicted octanol–water partition coefficient (Wildman–Crippen LogP) is 0.420. The fourth-order valence-corrected chi connectivity index (χ4v) is 2.62. The van der Waals surface area contributed by atoms with Crippen molar-refractivity contribution in [3.8, 4) is 0 Å². The summed E-state index contributed by atoms with van der Waals surface area (Å²) in [4.78, 5) is 0. The molecule has 0 radical (unpaired) electrons. The molecule has 2 atom stereocenters. The van der Waals surface area contributed by atoms with Gasteiger partial charge >= 0.3 is 0 Å². The molecule has 0 unspecified atom stereocenters. The van der Waals surface area contributed by atoms with Crippen molar-refractivity contribution in [2.75, 3.05) is 26.9 Å². The molecule has 1 N–H and O–H groups in total. The first kappa shape index (κ1) is 8.48. The van der Waals surface area contributed by atoms with Crippen molar-refractivity contribution in [3.05, 3.63) is 0 Å². The monoisotopic (exact) mass is 172 g/mol. The molecule has 1 saturated carbocycles. The van der Waals surface area contributed by atoms with Gasteiger partial charge in [0.2, 0.25) is 0 Å². The van der Waals surface area contributed by atoms with Crippen LogP contribution in [0.1, 0.15) is 12.8 Å². The summed E-state index contributed by atoms with van der Waals surface area (Å²) >= 11 is 0. The highest BCUT2D eigenvalue weighted by molar-refractivity contribution is 5.12. The van der Waals surface area contributed by atoms with Crippen molar-refractivity contribution < 1.29 is 14.6 Å². The van der Waals surface area contributed by atoms with Gasteiger partial charge in [-0.05, 0) is 12.8 Å². The molecule has 0 bridgehead atoms. The molecule has 3 heteroatoms. The minimum absolute atomic E-state index is 0.262. The summed E-state index contributed by atoms with van der Waals surface area (Å²) in [5.41, 5.74) is 0.266. The van der Waals surface area contributed by atoms with E-state index in [-0.39, 0.29) is 18.1 Å². The second kappa shape index (κ2) is 2.98. The van der Waals surface area contributed by atoms with Crippen LogP contribution >= 0.6 is 0 Å². The zero-order valence-electron chi connectivity index (χ0n) is 7.45. The van der Waals surface area contributed by atoms with E-state index in [0.29, 0.717) is 5.92 Å². The average Bonchev–Trinajstić information content (AvgIpc) is 2.73. The fourth-order valence-electron chi connectivity index (χ4n) is 2.62. The van der Waals surface area contributed by atoms with Gasteiger partial charge in [0, 0.05) is 38.3 Å². The van der Waals surface area contributed by atoms with E-state index in [4.69, 9.17) is 14.6 Å². The van der Waals surface area contributed by atoms with Crippen LogP contribution in [0.4, 0.5) is 0 Å². The standard InChI is InChI=1S/C9H16O3/c1-11-8-7(6-10)9(8)2-4-12-5-3-9/h7-8,10H,2-6H2,1H3/t7-,8-/m1/s1. The van der Waals surface area contributed by atoms with Gasteiger partial charge in [0.25, 0.3) is 0 Å². The number of ether oxygens (including phenoxy) is 2. The minimum atomic E-state index is 0.262. The smallest absolute Gasteiger partial charge is 0.0690 e. The summed E-state index contributed by atoms with van der Waals surface area (Å²) in [7, 11) is 1.73. The first-order valence-corrected chi connectivity index (χ1v) is 4.56. The normalized spacial score (nSPS) is 38.5. The topological polar surface area (TPSA) is 38.7 Å². The van der Waals surface area contributed by atoms with Crippen molar-refractivity contribution in [1.29, 1.82) is 0 Å². The highest BCUT2D eigenvalue weighted by Crippen LogP contribution is 2.60. The van der Waals surface area contributed by atoms with E-state index in [1.807, 2.05) is 0 Å². The predicted molar refractivity (Wildman–Crippen MR) is 43.9 cm³/mol. The molecule has 2 rings (SSSR count). The zero-order valence-corrected chi connectivity index (χ0v) is 7.45. The van der Waals surface area contributed by atoms with Crippen LogP contribution < -0.4 is 0 Å². The molecule has 3 nitrogen and oxygen atoms in total. The van der Waals surface area contributed by atoms with Gasteiger partial charge in [0.15, 0.2) is 0 Å². The molecule has 0 aromatic carbocycles. The molecule has 1 aliphatic carbocycles. The van der Waals surface area contributed by atoms with Crippen LogP contribution in [0, 0.1) is 11.3 Å². The van der Waals surface area contributed by atoms with Gasteiger partial charge in [-0.25, -0.2) is 0 Å². The molecule has 1 spiro atoms. The van der Waals surface area contributed by atoms with E-state index in [1.54, 1.807) is 7.11 Å². The van der Waals surface area contributed by atoms with Crippen molar-refractivity contribution in [2.45, 2.75) is 18.9 Å². The first-order chi connectivity index (χ1) is 5.85. The van der Waals surface area contributed by atoms with Gasteiger partial charge in [-0.3, -0.25) is 0 Å². The van der Waals surface area contributed by atoms with Crippen molar-refractivity contribution in [3.63, 3.8) is 0 Å². The van der Waals surface area contributed by atoms with Gasteiger partial charge in [0.05, 0.1) is 6.10 Å². The molecular formula is C9H16O3. The molecule has 0 aromatic rings. The van der Waals surface area contributed by atoms with Gasteiger partial charge in [-0.15, -0.1) is 0 Å². The van der Waals surface area contributed by atoms with Crippen LogP contribution in [-0.2, 0) is 9.47 Å². The molecule has 1 saturated heterocycles. The van der Waals surface area contributed by atoms with E-state index in [9.17, 15) is 0 Å². The SMILES string of the molecule is CO[C@@H]1[C@@H](CO)C12CCOCC2. The molecule has 1 aliphatic heterocycles. The van der Waals surface area contributed by atoms with Crippen LogP contribution in [0.5, 0.6) is 0 Å². The van der Waals surface area contributed by atoms with Gasteiger partial charge in [0.1, 0.15) is 0 Å². The van der Waals surface area contributed by atoms with E-state index < -0.39 is 0 Å². The number of hydrogen-bond acceptors (Lipinski definition) is 3. The van der Waals surface area contributed by atoms with E-state index in [1.165, 1.54) is 0 Å². The quantitative estimate of drug-likeness (QED) is 0.656. The molecule has 0 aromatic heterocycles. The third-order valence-corrected chi connectivity index (χ3v) is 3.44. The average molecular weight is 172 g/mol. The Hall–Kier alpha value is -0.120. The molecular weight excluding hydrogens is 156 g/mol. The fraction of sp³-hybridized carbons (Fsp3) is 1.00. The Bertz CT molecular complexity index is 151. The summed E-state index contributed by atoms with van der Waals surface area (Å²) < 4.78 is 10.6. The van der Waals surface area contributed by atoms with Crippen molar-refractivity contribution >= 4 is 0 Å². The number of aliphatic hydroxyl groups excluding tert-OH is 1. The number of aliphatic hydroxyl groups is 1. The molecule has 2 fully saturated rings. The Kier molecular flexibility index (Phi) is 2.10. The zero-order chi connectivity index (χ0) is 8.60. The van der Waals surface area contributed by atoms with Gasteiger partial charge in [-0.2, -0.15) is 0 Å². The van der Waals surface area contributed by atoms with Gasteiger partial charge in [-0.1, -0.05) is 0 Å². The van der Waals surface area contributed by atoms with Crippen LogP contribution in [0.15, 0.2) is 0 Å². The summed E-state index contributed by atoms with van der Waals surface area (Å²) in [6, 6.07) is 0. The number of methoxy groups -OCH3 is 1. The van der Waals surface area contributed by atoms with Gasteiger partial charge < -0.3 is 14.6 Å². The first-order valence-electron chi connectivity index (χ1n) is 4.56. The second-order valence-corrected chi connectivity index (χ2v) is 3.79. The maximum atomic E-state index is 9.10. The molecule has 2 aliphatic rings. The Morgan fingerprint density at radius 3 is 2.58 bits per heavy atom. The Morgan fingerprint density at radius 2 is 2.17 bits per heavy atom. The molecule has 0 amide bonds. The molecule has 1 heterocycles. The Morgan fingerprint density at radius 1 is 1.50 bits per heavy atom. The van der Waals surface area contributed by atoms with Crippen LogP contribution in [-0.4, -0.2) is 38.1 Å². The maximum Gasteiger partial charge on any atom is 0.0690 e. The third kappa shape index (κ3) is 1.00. The summed E-state index contributed by atoms with van der Waals surface area (Å²) in [5.74, 6) is 0.367. The summed E-state index contributed by atoms with van der Waals surface area (Å²) in [5, 5.41) is 9.10. The Labute approximate surface area is 72.7 Å². The van der Waals surface area contributed by atoms with Crippen LogP contribution in [0.2, 0.25) is 0 Å². The highest BCUT2D eigenvalue weighted by atomic mass is 16.5. The van der Waals surface area contributed by atoms with Crippen LogP contribution in [0.25, 0.3) is 0 Å². The number of rotatable bonds is 2. The van der Waals surface area contributed by atoms with E-state index >= 15 is 0 Å². The minimum Gasteiger partial charge on any atom is -0.396 e. The van der Waals surface area contributed by atoms with E-state index in [2.05, 4.69) is 0 Å². The molecule has 70 valence electrons. The van der Waals surface area contributed by atoms with Crippen LogP contribution in [0.3, 0.4) is 0 Å². The number of hydrogen-bond donors (Lipinski definition) is 1.